The first-order valence-corrected chi connectivity index (χ1v) is 8.68. The van der Waals surface area contributed by atoms with Gasteiger partial charge in [-0.25, -0.2) is 0 Å². The summed E-state index contributed by atoms with van der Waals surface area (Å²) in [5.74, 6) is 1.00. The predicted molar refractivity (Wildman–Crippen MR) is 87.1 cm³/mol. The number of hydrogen-bond donors (Lipinski definition) is 0. The number of amides is 2. The molecular formula is C18H22N2O4. The minimum atomic E-state index is -0.274. The SMILES string of the molecule is O=C(c1ccc2c(c1)CCO2)N1CCN(C(=O)[C@@H]2CCCO2)CC1. The molecule has 0 spiro atoms. The Morgan fingerprint density at radius 3 is 2.58 bits per heavy atom. The van der Waals surface area contributed by atoms with E-state index >= 15 is 0 Å². The second-order valence-electron chi connectivity index (χ2n) is 6.54. The number of ether oxygens (including phenoxy) is 2. The van der Waals surface area contributed by atoms with Gasteiger partial charge in [-0.2, -0.15) is 0 Å². The minimum Gasteiger partial charge on any atom is -0.493 e. The Labute approximate surface area is 141 Å². The molecule has 2 saturated heterocycles. The maximum atomic E-state index is 12.7. The molecule has 0 bridgehead atoms. The van der Waals surface area contributed by atoms with Crippen LogP contribution in [-0.2, 0) is 16.0 Å². The quantitative estimate of drug-likeness (QED) is 0.814. The van der Waals surface area contributed by atoms with Gasteiger partial charge in [0.1, 0.15) is 11.9 Å². The average Bonchev–Trinajstić information content (AvgIpc) is 3.31. The largest absolute Gasteiger partial charge is 0.493 e. The molecular weight excluding hydrogens is 308 g/mol. The highest BCUT2D eigenvalue weighted by Gasteiger charge is 2.31. The lowest BCUT2D eigenvalue weighted by molar-refractivity contribution is -0.142. The molecule has 6 nitrogen and oxygen atoms in total. The van der Waals surface area contributed by atoms with Crippen molar-refractivity contribution in [3.05, 3.63) is 29.3 Å². The van der Waals surface area contributed by atoms with E-state index in [0.29, 0.717) is 45.0 Å². The molecule has 3 aliphatic heterocycles. The van der Waals surface area contributed by atoms with Gasteiger partial charge in [-0.15, -0.1) is 0 Å². The van der Waals surface area contributed by atoms with E-state index in [1.54, 1.807) is 0 Å². The van der Waals surface area contributed by atoms with Gasteiger partial charge < -0.3 is 19.3 Å². The van der Waals surface area contributed by atoms with Crippen LogP contribution < -0.4 is 4.74 Å². The van der Waals surface area contributed by atoms with Crippen molar-refractivity contribution in [1.29, 1.82) is 0 Å². The van der Waals surface area contributed by atoms with E-state index in [-0.39, 0.29) is 17.9 Å². The number of benzene rings is 1. The standard InChI is InChI=1S/C18H22N2O4/c21-17(14-3-4-15-13(12-14)5-11-24-15)19-6-8-20(9-7-19)18(22)16-2-1-10-23-16/h3-4,12,16H,1-2,5-11H2/t16-/m0/s1. The molecule has 0 unspecified atom stereocenters. The fourth-order valence-electron chi connectivity index (χ4n) is 3.61. The van der Waals surface area contributed by atoms with Crippen LogP contribution in [0.1, 0.15) is 28.8 Å². The third-order valence-corrected chi connectivity index (χ3v) is 5.02. The number of rotatable bonds is 2. The Morgan fingerprint density at radius 2 is 1.83 bits per heavy atom. The first-order chi connectivity index (χ1) is 11.7. The van der Waals surface area contributed by atoms with Gasteiger partial charge in [0.25, 0.3) is 11.8 Å². The van der Waals surface area contributed by atoms with Crippen LogP contribution >= 0.6 is 0 Å². The molecule has 2 fully saturated rings. The summed E-state index contributed by atoms with van der Waals surface area (Å²) in [5.41, 5.74) is 1.81. The van der Waals surface area contributed by atoms with Crippen LogP contribution in [0.5, 0.6) is 5.75 Å². The van der Waals surface area contributed by atoms with Crippen molar-refractivity contribution >= 4 is 11.8 Å². The number of carbonyl (C=O) groups excluding carboxylic acids is 2. The highest BCUT2D eigenvalue weighted by Crippen LogP contribution is 2.26. The molecule has 1 aromatic carbocycles. The molecule has 0 aromatic heterocycles. The Balaban J connectivity index is 1.37. The third kappa shape index (κ3) is 2.86. The van der Waals surface area contributed by atoms with Crippen molar-refractivity contribution in [2.24, 2.45) is 0 Å². The van der Waals surface area contributed by atoms with E-state index in [2.05, 4.69) is 0 Å². The second-order valence-corrected chi connectivity index (χ2v) is 6.54. The van der Waals surface area contributed by atoms with Gasteiger partial charge in [-0.3, -0.25) is 9.59 Å². The molecule has 0 aliphatic carbocycles. The van der Waals surface area contributed by atoms with Crippen LogP contribution in [0.4, 0.5) is 0 Å². The summed E-state index contributed by atoms with van der Waals surface area (Å²) in [4.78, 5) is 28.7. The van der Waals surface area contributed by atoms with Gasteiger partial charge in [-0.05, 0) is 36.6 Å². The van der Waals surface area contributed by atoms with Crippen molar-refractivity contribution in [2.45, 2.75) is 25.4 Å². The smallest absolute Gasteiger partial charge is 0.253 e. The number of nitrogens with zero attached hydrogens (tertiary/aromatic N) is 2. The molecule has 128 valence electrons. The lowest BCUT2D eigenvalue weighted by Crippen LogP contribution is -2.52. The zero-order chi connectivity index (χ0) is 16.5. The summed E-state index contributed by atoms with van der Waals surface area (Å²) in [7, 11) is 0. The average molecular weight is 330 g/mol. The lowest BCUT2D eigenvalue weighted by atomic mass is 10.1. The molecule has 0 N–H and O–H groups in total. The Kier molecular flexibility index (Phi) is 4.14. The third-order valence-electron chi connectivity index (χ3n) is 5.02. The van der Waals surface area contributed by atoms with E-state index < -0.39 is 0 Å². The van der Waals surface area contributed by atoms with Crippen molar-refractivity contribution in [3.63, 3.8) is 0 Å². The Morgan fingerprint density at radius 1 is 1.04 bits per heavy atom. The van der Waals surface area contributed by atoms with Crippen LogP contribution in [-0.4, -0.2) is 67.1 Å². The highest BCUT2D eigenvalue weighted by atomic mass is 16.5. The molecule has 0 radical (unpaired) electrons. The van der Waals surface area contributed by atoms with Crippen molar-refractivity contribution < 1.29 is 19.1 Å². The Bertz CT molecular complexity index is 646. The van der Waals surface area contributed by atoms with Crippen LogP contribution in [0.3, 0.4) is 0 Å². The molecule has 3 aliphatic rings. The molecule has 24 heavy (non-hydrogen) atoms. The van der Waals surface area contributed by atoms with Crippen LogP contribution in [0, 0.1) is 0 Å². The maximum absolute atomic E-state index is 12.7. The minimum absolute atomic E-state index is 0.0360. The molecule has 3 heterocycles. The monoisotopic (exact) mass is 330 g/mol. The molecule has 6 heteroatoms. The van der Waals surface area contributed by atoms with E-state index in [4.69, 9.17) is 9.47 Å². The Hall–Kier alpha value is -2.08. The van der Waals surface area contributed by atoms with Gasteiger partial charge >= 0.3 is 0 Å². The topological polar surface area (TPSA) is 59.1 Å². The van der Waals surface area contributed by atoms with Crippen LogP contribution in [0.25, 0.3) is 0 Å². The van der Waals surface area contributed by atoms with Crippen LogP contribution in [0.2, 0.25) is 0 Å². The van der Waals surface area contributed by atoms with Crippen LogP contribution in [0.15, 0.2) is 18.2 Å². The molecule has 1 atom stereocenters. The van der Waals surface area contributed by atoms with E-state index in [0.717, 1.165) is 30.6 Å². The van der Waals surface area contributed by atoms with Gasteiger partial charge in [0.15, 0.2) is 0 Å². The maximum Gasteiger partial charge on any atom is 0.253 e. The number of fused-ring (bicyclic) bond motifs is 1. The summed E-state index contributed by atoms with van der Waals surface area (Å²) in [6, 6.07) is 5.65. The normalized spacial score (nSPS) is 23.1. The molecule has 0 saturated carbocycles. The molecule has 2 amide bonds. The van der Waals surface area contributed by atoms with Gasteiger partial charge in [0, 0.05) is 44.8 Å². The summed E-state index contributed by atoms with van der Waals surface area (Å²) in [5, 5.41) is 0. The second kappa shape index (κ2) is 6.43. The van der Waals surface area contributed by atoms with E-state index in [1.807, 2.05) is 28.0 Å². The zero-order valence-corrected chi connectivity index (χ0v) is 13.7. The van der Waals surface area contributed by atoms with E-state index in [1.165, 1.54) is 0 Å². The predicted octanol–water partition coefficient (Wildman–Crippen LogP) is 1.08. The van der Waals surface area contributed by atoms with Crippen molar-refractivity contribution in [3.8, 4) is 5.75 Å². The fraction of sp³-hybridized carbons (Fsp3) is 0.556. The van der Waals surface area contributed by atoms with Gasteiger partial charge in [0.05, 0.1) is 6.61 Å². The van der Waals surface area contributed by atoms with Crippen molar-refractivity contribution in [2.75, 3.05) is 39.4 Å². The lowest BCUT2D eigenvalue weighted by Gasteiger charge is -2.35. The van der Waals surface area contributed by atoms with Gasteiger partial charge in [-0.1, -0.05) is 0 Å². The highest BCUT2D eigenvalue weighted by molar-refractivity contribution is 5.95. The molecule has 4 rings (SSSR count). The van der Waals surface area contributed by atoms with Gasteiger partial charge in [0.2, 0.25) is 0 Å². The summed E-state index contributed by atoms with van der Waals surface area (Å²) in [6.45, 7) is 3.68. The molecule has 1 aromatic rings. The summed E-state index contributed by atoms with van der Waals surface area (Å²) in [6.07, 6.45) is 2.36. The number of hydrogen-bond acceptors (Lipinski definition) is 4. The first-order valence-electron chi connectivity index (χ1n) is 8.68. The zero-order valence-electron chi connectivity index (χ0n) is 13.7. The first kappa shape index (κ1) is 15.4. The summed E-state index contributed by atoms with van der Waals surface area (Å²) >= 11 is 0. The summed E-state index contributed by atoms with van der Waals surface area (Å²) < 4.78 is 11.0. The van der Waals surface area contributed by atoms with E-state index in [9.17, 15) is 9.59 Å². The van der Waals surface area contributed by atoms with Crippen molar-refractivity contribution in [1.82, 2.24) is 9.80 Å². The number of piperazine rings is 1. The number of carbonyl (C=O) groups is 2. The fourth-order valence-corrected chi connectivity index (χ4v) is 3.61.